The normalized spacial score (nSPS) is 14.9. The van der Waals surface area contributed by atoms with Gasteiger partial charge >= 0.3 is 6.03 Å². The molecular weight excluding hydrogens is 284 g/mol. The molecule has 1 N–H and O–H groups in total. The molecule has 1 aliphatic rings. The van der Waals surface area contributed by atoms with E-state index >= 15 is 0 Å². The zero-order valence-corrected chi connectivity index (χ0v) is 13.7. The van der Waals surface area contributed by atoms with Gasteiger partial charge in [-0.1, -0.05) is 13.3 Å². The van der Waals surface area contributed by atoms with E-state index in [0.29, 0.717) is 0 Å². The Morgan fingerprint density at radius 1 is 1.38 bits per heavy atom. The predicted octanol–water partition coefficient (Wildman–Crippen LogP) is 3.75. The van der Waals surface area contributed by atoms with Gasteiger partial charge in [-0.3, -0.25) is 0 Å². The maximum absolute atomic E-state index is 12.2. The molecule has 1 aromatic carbocycles. The minimum Gasteiger partial charge on any atom is -0.494 e. The third-order valence-corrected chi connectivity index (χ3v) is 4.45. The van der Waals surface area contributed by atoms with Gasteiger partial charge in [0.15, 0.2) is 0 Å². The second-order valence-electron chi connectivity index (χ2n) is 5.21. The number of unbranched alkanes of at least 4 members (excludes halogenated alkanes) is 1. The van der Waals surface area contributed by atoms with Crippen molar-refractivity contribution in [1.82, 2.24) is 4.90 Å². The Morgan fingerprint density at radius 3 is 2.81 bits per heavy atom. The number of nitrogens with zero attached hydrogens (tertiary/aromatic N) is 1. The van der Waals surface area contributed by atoms with E-state index < -0.39 is 0 Å². The monoisotopic (exact) mass is 308 g/mol. The van der Waals surface area contributed by atoms with E-state index in [2.05, 4.69) is 12.2 Å². The Balaban J connectivity index is 1.92. The number of anilines is 1. The van der Waals surface area contributed by atoms with Gasteiger partial charge in [0.2, 0.25) is 0 Å². The van der Waals surface area contributed by atoms with Gasteiger partial charge in [0.05, 0.1) is 6.61 Å². The van der Waals surface area contributed by atoms with Crippen molar-refractivity contribution in [2.24, 2.45) is 0 Å². The second-order valence-corrected chi connectivity index (χ2v) is 6.43. The summed E-state index contributed by atoms with van der Waals surface area (Å²) in [4.78, 5) is 14.1. The molecule has 1 fully saturated rings. The molecule has 0 spiro atoms. The molecule has 1 heterocycles. The molecule has 0 radical (unpaired) electrons. The number of nitrogens with one attached hydrogen (secondary N) is 1. The molecule has 116 valence electrons. The molecule has 0 bridgehead atoms. The molecule has 1 saturated heterocycles. The maximum atomic E-state index is 12.2. The number of carbonyl (C=O) groups excluding carboxylic acids is 1. The van der Waals surface area contributed by atoms with Crippen LogP contribution in [-0.2, 0) is 0 Å². The van der Waals surface area contributed by atoms with E-state index in [1.165, 1.54) is 0 Å². The van der Waals surface area contributed by atoms with Crippen molar-refractivity contribution in [2.45, 2.75) is 26.7 Å². The molecule has 1 aliphatic heterocycles. The largest absolute Gasteiger partial charge is 0.494 e. The first kappa shape index (κ1) is 16.0. The van der Waals surface area contributed by atoms with Gasteiger partial charge in [0, 0.05) is 30.3 Å². The number of benzene rings is 1. The third-order valence-electron chi connectivity index (χ3n) is 3.50. The van der Waals surface area contributed by atoms with Crippen LogP contribution in [0.3, 0.4) is 0 Å². The number of rotatable bonds is 5. The Bertz CT molecular complexity index is 473. The lowest BCUT2D eigenvalue weighted by molar-refractivity contribution is 0.217. The lowest BCUT2D eigenvalue weighted by Crippen LogP contribution is -2.40. The van der Waals surface area contributed by atoms with Crippen molar-refractivity contribution in [1.29, 1.82) is 0 Å². The molecule has 2 rings (SSSR count). The van der Waals surface area contributed by atoms with Crippen molar-refractivity contribution >= 4 is 23.5 Å². The molecule has 0 atom stereocenters. The summed E-state index contributed by atoms with van der Waals surface area (Å²) in [5, 5.41) is 3.00. The molecule has 5 heteroatoms. The molecule has 0 aromatic heterocycles. The van der Waals surface area contributed by atoms with Gasteiger partial charge in [-0.05, 0) is 37.1 Å². The highest BCUT2D eigenvalue weighted by Crippen LogP contribution is 2.22. The SMILES string of the molecule is CCCCOc1ccc(NC(=O)N2CCSCC2)c(C)c1. The molecule has 4 nitrogen and oxygen atoms in total. The highest BCUT2D eigenvalue weighted by molar-refractivity contribution is 7.99. The van der Waals surface area contributed by atoms with Crippen LogP contribution >= 0.6 is 11.8 Å². The van der Waals surface area contributed by atoms with Crippen molar-refractivity contribution in [3.8, 4) is 5.75 Å². The summed E-state index contributed by atoms with van der Waals surface area (Å²) in [7, 11) is 0. The van der Waals surface area contributed by atoms with Gasteiger partial charge in [-0.25, -0.2) is 4.79 Å². The second kappa shape index (κ2) is 8.17. The quantitative estimate of drug-likeness (QED) is 0.842. The van der Waals surface area contributed by atoms with Crippen LogP contribution in [0.15, 0.2) is 18.2 Å². The lowest BCUT2D eigenvalue weighted by atomic mass is 10.2. The fourth-order valence-corrected chi connectivity index (χ4v) is 3.06. The average molecular weight is 308 g/mol. The van der Waals surface area contributed by atoms with Crippen molar-refractivity contribution in [2.75, 3.05) is 36.5 Å². The summed E-state index contributed by atoms with van der Waals surface area (Å²) in [5.74, 6) is 2.92. The van der Waals surface area contributed by atoms with Gasteiger partial charge < -0.3 is 15.0 Å². The fourth-order valence-electron chi connectivity index (χ4n) is 2.16. The summed E-state index contributed by atoms with van der Waals surface area (Å²) < 4.78 is 5.68. The fraction of sp³-hybridized carbons (Fsp3) is 0.562. The number of urea groups is 1. The van der Waals surface area contributed by atoms with Crippen molar-refractivity contribution < 1.29 is 9.53 Å². The van der Waals surface area contributed by atoms with E-state index in [1.807, 2.05) is 41.8 Å². The van der Waals surface area contributed by atoms with Crippen LogP contribution < -0.4 is 10.1 Å². The average Bonchev–Trinajstić information content (AvgIpc) is 2.51. The molecule has 1 aromatic rings. The first-order valence-electron chi connectivity index (χ1n) is 7.58. The van der Waals surface area contributed by atoms with E-state index in [9.17, 15) is 4.79 Å². The van der Waals surface area contributed by atoms with Crippen molar-refractivity contribution in [3.63, 3.8) is 0 Å². The van der Waals surface area contributed by atoms with E-state index in [0.717, 1.165) is 61.0 Å². The predicted molar refractivity (Wildman–Crippen MR) is 89.5 cm³/mol. The van der Waals surface area contributed by atoms with Crippen molar-refractivity contribution in [3.05, 3.63) is 23.8 Å². The smallest absolute Gasteiger partial charge is 0.321 e. The van der Waals surface area contributed by atoms with Gasteiger partial charge in [-0.2, -0.15) is 11.8 Å². The van der Waals surface area contributed by atoms with Crippen LogP contribution in [0.4, 0.5) is 10.5 Å². The van der Waals surface area contributed by atoms with Crippen LogP contribution in [-0.4, -0.2) is 42.1 Å². The molecule has 0 aliphatic carbocycles. The zero-order chi connectivity index (χ0) is 15.1. The number of hydrogen-bond donors (Lipinski definition) is 1. The highest BCUT2D eigenvalue weighted by atomic mass is 32.2. The summed E-state index contributed by atoms with van der Waals surface area (Å²) in [6.07, 6.45) is 2.19. The van der Waals surface area contributed by atoms with E-state index in [1.54, 1.807) is 0 Å². The summed E-state index contributed by atoms with van der Waals surface area (Å²) >= 11 is 1.90. The van der Waals surface area contributed by atoms with Gasteiger partial charge in [-0.15, -0.1) is 0 Å². The highest BCUT2D eigenvalue weighted by Gasteiger charge is 2.17. The van der Waals surface area contributed by atoms with Crippen LogP contribution in [0.5, 0.6) is 5.75 Å². The van der Waals surface area contributed by atoms with Crippen LogP contribution in [0.2, 0.25) is 0 Å². The topological polar surface area (TPSA) is 41.6 Å². The van der Waals surface area contributed by atoms with Gasteiger partial charge in [0.1, 0.15) is 5.75 Å². The van der Waals surface area contributed by atoms with Gasteiger partial charge in [0.25, 0.3) is 0 Å². The Hall–Kier alpha value is -1.36. The standard InChI is InChI=1S/C16H24N2O2S/c1-3-4-9-20-14-5-6-15(13(2)12-14)17-16(19)18-7-10-21-11-8-18/h5-6,12H,3-4,7-11H2,1-2H3,(H,17,19). The van der Waals surface area contributed by atoms with Crippen LogP contribution in [0, 0.1) is 6.92 Å². The minimum atomic E-state index is -0.00180. The van der Waals surface area contributed by atoms with E-state index in [-0.39, 0.29) is 6.03 Å². The molecule has 2 amide bonds. The first-order chi connectivity index (χ1) is 10.2. The number of carbonyl (C=O) groups is 1. The van der Waals surface area contributed by atoms with Crippen LogP contribution in [0.1, 0.15) is 25.3 Å². The number of thioether (sulfide) groups is 1. The number of ether oxygens (including phenoxy) is 1. The number of aryl methyl sites for hydroxylation is 1. The maximum Gasteiger partial charge on any atom is 0.321 e. The molecule has 21 heavy (non-hydrogen) atoms. The zero-order valence-electron chi connectivity index (χ0n) is 12.9. The Kier molecular flexibility index (Phi) is 6.23. The summed E-state index contributed by atoms with van der Waals surface area (Å²) in [6, 6.07) is 5.83. The van der Waals surface area contributed by atoms with E-state index in [4.69, 9.17) is 4.74 Å². The number of hydrogen-bond acceptors (Lipinski definition) is 3. The lowest BCUT2D eigenvalue weighted by Gasteiger charge is -2.26. The molecular formula is C16H24N2O2S. The first-order valence-corrected chi connectivity index (χ1v) is 8.73. The molecule has 0 saturated carbocycles. The summed E-state index contributed by atoms with van der Waals surface area (Å²) in [6.45, 7) is 6.54. The van der Waals surface area contributed by atoms with Crippen LogP contribution in [0.25, 0.3) is 0 Å². The minimum absolute atomic E-state index is 0.00180. The third kappa shape index (κ3) is 4.84. The Morgan fingerprint density at radius 2 is 2.14 bits per heavy atom. The number of amides is 2. The Labute approximate surface area is 131 Å². The molecule has 0 unspecified atom stereocenters. The summed E-state index contributed by atoms with van der Waals surface area (Å²) in [5.41, 5.74) is 1.89.